The Balaban J connectivity index is 1.37. The molecule has 2 aromatic carbocycles. The molecule has 5 rings (SSSR count). The van der Waals surface area contributed by atoms with Gasteiger partial charge in [-0.15, -0.1) is 0 Å². The van der Waals surface area contributed by atoms with Gasteiger partial charge in [0.2, 0.25) is 5.91 Å². The SMILES string of the molecule is O=C(CC(c1cccc(C(F)(F)F)c1)c1cnc2ccccn12)N1CCN(c2cccc(C(F)(F)F)c2)CC1. The average Bonchev–Trinajstić information content (AvgIpc) is 3.35. The molecule has 5 nitrogen and oxygen atoms in total. The summed E-state index contributed by atoms with van der Waals surface area (Å²) in [4.78, 5) is 21.2. The quantitative estimate of drug-likeness (QED) is 0.278. The normalized spacial score (nSPS) is 15.5. The molecule has 1 aliphatic heterocycles. The Hall–Kier alpha value is -4.02. The molecule has 0 saturated carbocycles. The number of pyridine rings is 1. The van der Waals surface area contributed by atoms with Crippen molar-refractivity contribution in [2.45, 2.75) is 24.7 Å². The van der Waals surface area contributed by atoms with E-state index in [2.05, 4.69) is 4.98 Å². The lowest BCUT2D eigenvalue weighted by Crippen LogP contribution is -2.49. The fourth-order valence-electron chi connectivity index (χ4n) is 4.93. The van der Waals surface area contributed by atoms with Crippen molar-refractivity contribution in [1.82, 2.24) is 14.3 Å². The second kappa shape index (κ2) is 10.3. The van der Waals surface area contributed by atoms with Gasteiger partial charge in [-0.3, -0.25) is 4.79 Å². The number of carbonyl (C=O) groups excluding carboxylic acids is 1. The first-order valence-electron chi connectivity index (χ1n) is 12.3. The fourth-order valence-corrected chi connectivity index (χ4v) is 4.93. The van der Waals surface area contributed by atoms with Gasteiger partial charge in [0.15, 0.2) is 0 Å². The van der Waals surface area contributed by atoms with Crippen LogP contribution < -0.4 is 4.90 Å². The van der Waals surface area contributed by atoms with Gasteiger partial charge >= 0.3 is 12.4 Å². The van der Waals surface area contributed by atoms with Gasteiger partial charge in [-0.05, 0) is 42.0 Å². The van der Waals surface area contributed by atoms with Crippen molar-refractivity contribution in [3.05, 3.63) is 102 Å². The van der Waals surface area contributed by atoms with Crippen molar-refractivity contribution in [2.24, 2.45) is 0 Å². The molecule has 0 bridgehead atoms. The van der Waals surface area contributed by atoms with E-state index in [-0.39, 0.29) is 25.4 Å². The van der Waals surface area contributed by atoms with Crippen LogP contribution in [0.15, 0.2) is 79.1 Å². The summed E-state index contributed by atoms with van der Waals surface area (Å²) in [5, 5.41) is 0. The van der Waals surface area contributed by atoms with Gasteiger partial charge in [0.1, 0.15) is 5.65 Å². The first-order chi connectivity index (χ1) is 18.5. The zero-order valence-electron chi connectivity index (χ0n) is 20.6. The minimum Gasteiger partial charge on any atom is -0.368 e. The summed E-state index contributed by atoms with van der Waals surface area (Å²) < 4.78 is 81.6. The predicted octanol–water partition coefficient (Wildman–Crippen LogP) is 6.24. The zero-order valence-corrected chi connectivity index (χ0v) is 20.6. The number of nitrogens with zero attached hydrogens (tertiary/aromatic N) is 4. The number of amides is 1. The summed E-state index contributed by atoms with van der Waals surface area (Å²) in [6.45, 7) is 1.21. The number of anilines is 1. The topological polar surface area (TPSA) is 40.9 Å². The second-order valence-corrected chi connectivity index (χ2v) is 9.41. The van der Waals surface area contributed by atoms with Crippen LogP contribution in [0.2, 0.25) is 0 Å². The molecule has 1 atom stereocenters. The summed E-state index contributed by atoms with van der Waals surface area (Å²) >= 11 is 0. The van der Waals surface area contributed by atoms with Crippen LogP contribution in [0.1, 0.15) is 34.7 Å². The zero-order chi connectivity index (χ0) is 27.8. The van der Waals surface area contributed by atoms with Crippen LogP contribution in [0.5, 0.6) is 0 Å². The Bertz CT molecular complexity index is 1470. The number of benzene rings is 2. The number of hydrogen-bond acceptors (Lipinski definition) is 3. The molecule has 1 unspecified atom stereocenters. The highest BCUT2D eigenvalue weighted by Crippen LogP contribution is 2.35. The maximum absolute atomic E-state index is 13.5. The van der Waals surface area contributed by atoms with Crippen LogP contribution in [0, 0.1) is 0 Å². The maximum atomic E-state index is 13.5. The van der Waals surface area contributed by atoms with Crippen molar-refractivity contribution in [1.29, 1.82) is 0 Å². The average molecular weight is 547 g/mol. The van der Waals surface area contributed by atoms with E-state index in [9.17, 15) is 31.1 Å². The van der Waals surface area contributed by atoms with E-state index in [1.54, 1.807) is 56.9 Å². The van der Waals surface area contributed by atoms with Gasteiger partial charge in [0.05, 0.1) is 16.8 Å². The molecular weight excluding hydrogens is 522 g/mol. The molecule has 0 spiro atoms. The van der Waals surface area contributed by atoms with Gasteiger partial charge in [-0.25, -0.2) is 4.98 Å². The summed E-state index contributed by atoms with van der Waals surface area (Å²) in [5.74, 6) is -0.953. The number of rotatable bonds is 5. The molecule has 1 aliphatic rings. The molecule has 0 N–H and O–H groups in total. The molecule has 0 radical (unpaired) electrons. The van der Waals surface area contributed by atoms with Gasteiger partial charge in [-0.2, -0.15) is 26.3 Å². The molecule has 1 amide bonds. The number of fused-ring (bicyclic) bond motifs is 1. The van der Waals surface area contributed by atoms with Crippen molar-refractivity contribution < 1.29 is 31.1 Å². The van der Waals surface area contributed by atoms with Gasteiger partial charge in [-0.1, -0.05) is 30.3 Å². The monoisotopic (exact) mass is 546 g/mol. The summed E-state index contributed by atoms with van der Waals surface area (Å²) in [6.07, 6.45) is -5.77. The number of alkyl halides is 6. The van der Waals surface area contributed by atoms with Crippen LogP contribution in [0.3, 0.4) is 0 Å². The van der Waals surface area contributed by atoms with Crippen LogP contribution in [-0.2, 0) is 17.1 Å². The standard InChI is InChI=1S/C28H24F6N4O/c29-27(30,31)20-6-3-5-19(15-20)23(24-18-35-25-9-1-2-10-38(24)25)17-26(39)37-13-11-36(12-14-37)22-8-4-7-21(16-22)28(32,33)34/h1-10,15-16,18,23H,11-14,17H2. The highest BCUT2D eigenvalue weighted by molar-refractivity contribution is 5.78. The molecule has 1 saturated heterocycles. The Labute approximate surface area is 220 Å². The first kappa shape index (κ1) is 26.6. The molecule has 11 heteroatoms. The number of halogens is 6. The predicted molar refractivity (Wildman–Crippen MR) is 133 cm³/mol. The molecule has 1 fully saturated rings. The maximum Gasteiger partial charge on any atom is 0.416 e. The smallest absolute Gasteiger partial charge is 0.368 e. The lowest BCUT2D eigenvalue weighted by Gasteiger charge is -2.37. The van der Waals surface area contributed by atoms with Gasteiger partial charge in [0.25, 0.3) is 0 Å². The van der Waals surface area contributed by atoms with Crippen LogP contribution in [0.4, 0.5) is 32.0 Å². The number of aromatic nitrogens is 2. The van der Waals surface area contributed by atoms with Crippen molar-refractivity contribution >= 4 is 17.2 Å². The van der Waals surface area contributed by atoms with Crippen molar-refractivity contribution in [3.8, 4) is 0 Å². The minimum absolute atomic E-state index is 0.0897. The van der Waals surface area contributed by atoms with E-state index in [0.717, 1.165) is 24.3 Å². The van der Waals surface area contributed by atoms with Crippen LogP contribution in [0.25, 0.3) is 5.65 Å². The van der Waals surface area contributed by atoms with E-state index in [1.807, 2.05) is 0 Å². The molecule has 39 heavy (non-hydrogen) atoms. The van der Waals surface area contributed by atoms with Crippen molar-refractivity contribution in [2.75, 3.05) is 31.1 Å². The van der Waals surface area contributed by atoms with E-state index in [1.165, 1.54) is 12.1 Å². The summed E-state index contributed by atoms with van der Waals surface area (Å²) in [5.41, 5.74) is 0.403. The molecule has 2 aromatic heterocycles. The molecule has 3 heterocycles. The van der Waals surface area contributed by atoms with Gasteiger partial charge in [0, 0.05) is 56.6 Å². The third-order valence-corrected chi connectivity index (χ3v) is 6.97. The Morgan fingerprint density at radius 1 is 0.821 bits per heavy atom. The van der Waals surface area contributed by atoms with Crippen molar-refractivity contribution in [3.63, 3.8) is 0 Å². The van der Waals surface area contributed by atoms with E-state index in [0.29, 0.717) is 35.7 Å². The number of hydrogen-bond donors (Lipinski definition) is 0. The van der Waals surface area contributed by atoms with Crippen LogP contribution >= 0.6 is 0 Å². The third kappa shape index (κ3) is 5.71. The number of imidazole rings is 1. The van der Waals surface area contributed by atoms with Crippen LogP contribution in [-0.4, -0.2) is 46.4 Å². The minimum atomic E-state index is -4.54. The summed E-state index contributed by atoms with van der Waals surface area (Å²) in [7, 11) is 0. The van der Waals surface area contributed by atoms with Gasteiger partial charge < -0.3 is 14.2 Å². The largest absolute Gasteiger partial charge is 0.416 e. The Kier molecular flexibility index (Phi) is 7.00. The molecular formula is C28H24F6N4O. The highest BCUT2D eigenvalue weighted by Gasteiger charge is 2.33. The van der Waals surface area contributed by atoms with E-state index >= 15 is 0 Å². The van der Waals surface area contributed by atoms with E-state index in [4.69, 9.17) is 0 Å². The first-order valence-corrected chi connectivity index (χ1v) is 12.3. The highest BCUT2D eigenvalue weighted by atomic mass is 19.4. The Morgan fingerprint density at radius 3 is 2.18 bits per heavy atom. The third-order valence-electron chi connectivity index (χ3n) is 6.97. The van der Waals surface area contributed by atoms with E-state index < -0.39 is 29.4 Å². The lowest BCUT2D eigenvalue weighted by molar-refractivity contribution is -0.138. The fraction of sp³-hybridized carbons (Fsp3) is 0.286. The number of carbonyl (C=O) groups is 1. The number of piperazine rings is 1. The molecule has 204 valence electrons. The molecule has 4 aromatic rings. The second-order valence-electron chi connectivity index (χ2n) is 9.41. The summed E-state index contributed by atoms with van der Waals surface area (Å²) in [6, 6.07) is 15.3. The Morgan fingerprint density at radius 2 is 1.49 bits per heavy atom. The lowest BCUT2D eigenvalue weighted by atomic mass is 9.90. The molecule has 0 aliphatic carbocycles.